The summed E-state index contributed by atoms with van der Waals surface area (Å²) in [4.78, 5) is 31.0. The van der Waals surface area contributed by atoms with E-state index in [1.54, 1.807) is 11.1 Å². The summed E-state index contributed by atoms with van der Waals surface area (Å²) in [6.45, 7) is 9.64. The second-order valence-corrected chi connectivity index (χ2v) is 10.7. The van der Waals surface area contributed by atoms with Crippen molar-refractivity contribution in [2.75, 3.05) is 57.1 Å². The van der Waals surface area contributed by atoms with Crippen molar-refractivity contribution in [3.05, 3.63) is 85.1 Å². The van der Waals surface area contributed by atoms with Crippen LogP contribution in [0.5, 0.6) is 5.75 Å². The Labute approximate surface area is 248 Å². The van der Waals surface area contributed by atoms with E-state index in [2.05, 4.69) is 64.1 Å². The van der Waals surface area contributed by atoms with E-state index in [0.717, 1.165) is 60.0 Å². The van der Waals surface area contributed by atoms with Crippen molar-refractivity contribution in [3.8, 4) is 17.0 Å². The highest BCUT2D eigenvalue weighted by Gasteiger charge is 2.30. The molecule has 2 aromatic carbocycles. The van der Waals surface area contributed by atoms with Gasteiger partial charge in [-0.1, -0.05) is 30.9 Å². The molecule has 42 heavy (non-hydrogen) atoms. The summed E-state index contributed by atoms with van der Waals surface area (Å²) < 4.78 is 5.94. The Hall–Kier alpha value is -4.37. The predicted octanol–water partition coefficient (Wildman–Crippen LogP) is 4.96. The predicted molar refractivity (Wildman–Crippen MR) is 169 cm³/mol. The van der Waals surface area contributed by atoms with Crippen LogP contribution in [0, 0.1) is 5.92 Å². The Kier molecular flexibility index (Phi) is 10.9. The fourth-order valence-electron chi connectivity index (χ4n) is 4.95. The molecule has 0 saturated carbocycles. The Morgan fingerprint density at radius 3 is 2.81 bits per heavy atom. The third-order valence-electron chi connectivity index (χ3n) is 7.44. The van der Waals surface area contributed by atoms with Crippen LogP contribution in [-0.2, 0) is 16.1 Å². The number of likely N-dealkylation sites (tertiary alicyclic amines) is 1. The maximum Gasteiger partial charge on any atom is 0.245 e. The average molecular weight is 571 g/mol. The van der Waals surface area contributed by atoms with Crippen LogP contribution in [0.3, 0.4) is 0 Å². The lowest BCUT2D eigenvalue weighted by Gasteiger charge is -2.22. The van der Waals surface area contributed by atoms with Crippen LogP contribution in [0.4, 0.5) is 11.4 Å². The minimum Gasteiger partial charge on any atom is -0.493 e. The summed E-state index contributed by atoms with van der Waals surface area (Å²) in [6, 6.07) is 16.1. The molecule has 1 atom stereocenters. The molecule has 0 radical (unpaired) electrons. The zero-order chi connectivity index (χ0) is 29.9. The first kappa shape index (κ1) is 30.6. The lowest BCUT2D eigenvalue weighted by Crippen LogP contribution is -2.30. The molecule has 2 heterocycles. The van der Waals surface area contributed by atoms with Gasteiger partial charge in [0.2, 0.25) is 11.8 Å². The van der Waals surface area contributed by atoms with Crippen molar-refractivity contribution >= 4 is 23.2 Å². The van der Waals surface area contributed by atoms with Crippen molar-refractivity contribution in [3.63, 3.8) is 0 Å². The molecule has 1 aliphatic rings. The summed E-state index contributed by atoms with van der Waals surface area (Å²) in [7, 11) is 4.13. The summed E-state index contributed by atoms with van der Waals surface area (Å²) >= 11 is 0. The molecule has 2 N–H and O–H groups in total. The van der Waals surface area contributed by atoms with Gasteiger partial charge in [-0.15, -0.1) is 0 Å². The van der Waals surface area contributed by atoms with E-state index in [9.17, 15) is 9.59 Å². The minimum absolute atomic E-state index is 0.0526. The van der Waals surface area contributed by atoms with E-state index >= 15 is 0 Å². The van der Waals surface area contributed by atoms with Crippen LogP contribution in [0.2, 0.25) is 0 Å². The van der Waals surface area contributed by atoms with Crippen LogP contribution < -0.4 is 15.0 Å². The highest BCUT2D eigenvalue weighted by Crippen LogP contribution is 2.25. The fourth-order valence-corrected chi connectivity index (χ4v) is 4.95. The number of ether oxygens (including phenoxy) is 1. The highest BCUT2D eigenvalue weighted by atomic mass is 16.5. The number of aromatic amines is 1. The summed E-state index contributed by atoms with van der Waals surface area (Å²) in [5, 5.41) is 10.1. The minimum atomic E-state index is -0.220. The van der Waals surface area contributed by atoms with Crippen molar-refractivity contribution in [2.24, 2.45) is 5.92 Å². The molecule has 0 aliphatic carbocycles. The molecule has 1 unspecified atom stereocenters. The van der Waals surface area contributed by atoms with Gasteiger partial charge in [-0.25, -0.2) is 0 Å². The van der Waals surface area contributed by atoms with Crippen molar-refractivity contribution in [1.29, 1.82) is 0 Å². The molecular weight excluding hydrogens is 528 g/mol. The number of hydrogen-bond donors (Lipinski definition) is 2. The van der Waals surface area contributed by atoms with Gasteiger partial charge in [0.1, 0.15) is 5.75 Å². The molecule has 0 bridgehead atoms. The zero-order valence-corrected chi connectivity index (χ0v) is 24.9. The van der Waals surface area contributed by atoms with E-state index in [-0.39, 0.29) is 17.7 Å². The lowest BCUT2D eigenvalue weighted by atomic mass is 10.1. The Morgan fingerprint density at radius 2 is 2.05 bits per heavy atom. The molecule has 9 nitrogen and oxygen atoms in total. The summed E-state index contributed by atoms with van der Waals surface area (Å²) in [5.74, 6) is 0.438. The first-order valence-electron chi connectivity index (χ1n) is 14.5. The van der Waals surface area contributed by atoms with Crippen molar-refractivity contribution < 1.29 is 14.3 Å². The zero-order valence-electron chi connectivity index (χ0n) is 24.9. The maximum absolute atomic E-state index is 13.0. The van der Waals surface area contributed by atoms with E-state index in [1.165, 1.54) is 6.08 Å². The van der Waals surface area contributed by atoms with E-state index in [1.807, 2.05) is 49.5 Å². The number of rotatable bonds is 14. The van der Waals surface area contributed by atoms with Crippen LogP contribution >= 0.6 is 0 Å². The topological polar surface area (TPSA) is 93.8 Å². The number of carbonyl (C=O) groups excluding carboxylic acids is 2. The second kappa shape index (κ2) is 15.0. The van der Waals surface area contributed by atoms with Gasteiger partial charge >= 0.3 is 0 Å². The molecule has 0 spiro atoms. The third-order valence-corrected chi connectivity index (χ3v) is 7.44. The SMILES string of the molecule is C=CC(=O)N1CCC(C(=O)Nc2cc(CN(C)C/C=C/CCOc3cccc(-c4ccn[nH]4)c3)cc(N(C)CC)c2)C1. The average Bonchev–Trinajstić information content (AvgIpc) is 3.71. The molecule has 9 heteroatoms. The quantitative estimate of drug-likeness (QED) is 0.162. The molecule has 1 fully saturated rings. The molecule has 1 aliphatic heterocycles. The summed E-state index contributed by atoms with van der Waals surface area (Å²) in [5.41, 5.74) is 4.96. The van der Waals surface area contributed by atoms with E-state index < -0.39 is 0 Å². The van der Waals surface area contributed by atoms with Gasteiger partial charge in [0, 0.05) is 62.9 Å². The van der Waals surface area contributed by atoms with Crippen LogP contribution in [0.1, 0.15) is 25.3 Å². The number of amides is 2. The Balaban J connectivity index is 1.27. The lowest BCUT2D eigenvalue weighted by molar-refractivity contribution is -0.125. The molecule has 4 rings (SSSR count). The first-order valence-corrected chi connectivity index (χ1v) is 14.5. The Morgan fingerprint density at radius 1 is 1.19 bits per heavy atom. The number of hydrogen-bond acceptors (Lipinski definition) is 6. The number of nitrogens with one attached hydrogen (secondary N) is 2. The van der Waals surface area contributed by atoms with Crippen molar-refractivity contribution in [1.82, 2.24) is 20.0 Å². The normalized spacial score (nSPS) is 14.9. The van der Waals surface area contributed by atoms with Crippen LogP contribution in [0.25, 0.3) is 11.3 Å². The van der Waals surface area contributed by atoms with Gasteiger partial charge in [0.25, 0.3) is 0 Å². The van der Waals surface area contributed by atoms with Gasteiger partial charge in [-0.3, -0.25) is 19.6 Å². The van der Waals surface area contributed by atoms with Gasteiger partial charge in [0.05, 0.1) is 18.2 Å². The number of benzene rings is 2. The van der Waals surface area contributed by atoms with Crippen LogP contribution in [0.15, 0.2) is 79.5 Å². The molecule has 1 aromatic heterocycles. The van der Waals surface area contributed by atoms with Crippen molar-refractivity contribution in [2.45, 2.75) is 26.3 Å². The molecule has 3 aromatic rings. The van der Waals surface area contributed by atoms with E-state index in [4.69, 9.17) is 4.74 Å². The number of aromatic nitrogens is 2. The molecular formula is C33H42N6O3. The fraction of sp³-hybridized carbons (Fsp3) is 0.364. The number of likely N-dealkylation sites (N-methyl/N-ethyl adjacent to an activating group) is 1. The molecule has 2 amide bonds. The monoisotopic (exact) mass is 570 g/mol. The number of H-pyrrole nitrogens is 1. The molecule has 222 valence electrons. The number of anilines is 2. The van der Waals surface area contributed by atoms with E-state index in [0.29, 0.717) is 26.1 Å². The standard InChI is InChI=1S/C33H42N6O3/c1-5-32(40)39-17-14-27(24-39)33(41)35-28-19-25(20-29(22-28)38(4)6-2)23-37(3)16-8-7-9-18-42-30-12-10-11-26(21-30)31-13-15-34-36-31/h5,7-8,10-13,15,19-22,27H,1,6,9,14,16-18,23-24H2,2-4H3,(H,34,36)(H,35,41)/b8-7+. The first-order chi connectivity index (χ1) is 20.4. The largest absolute Gasteiger partial charge is 0.493 e. The third kappa shape index (κ3) is 8.57. The van der Waals surface area contributed by atoms with Gasteiger partial charge < -0.3 is 19.9 Å². The van der Waals surface area contributed by atoms with Crippen LogP contribution in [-0.4, -0.2) is 78.7 Å². The maximum atomic E-state index is 13.0. The van der Waals surface area contributed by atoms with Gasteiger partial charge in [-0.05, 0) is 74.9 Å². The second-order valence-electron chi connectivity index (χ2n) is 10.7. The van der Waals surface area contributed by atoms with Gasteiger partial charge in [0.15, 0.2) is 0 Å². The van der Waals surface area contributed by atoms with Gasteiger partial charge in [-0.2, -0.15) is 5.10 Å². The smallest absolute Gasteiger partial charge is 0.245 e. The number of nitrogens with zero attached hydrogens (tertiary/aromatic N) is 4. The summed E-state index contributed by atoms with van der Waals surface area (Å²) in [6.07, 6.45) is 8.81. The highest BCUT2D eigenvalue weighted by molar-refractivity contribution is 5.95. The number of carbonyl (C=O) groups is 2. The molecule has 1 saturated heterocycles. The Bertz CT molecular complexity index is 1370.